The third-order valence-electron chi connectivity index (χ3n) is 5.96. The number of carbonyl (C=O) groups excluding carboxylic acids is 1. The number of carbonyl (C=O) groups is 1. The quantitative estimate of drug-likeness (QED) is 0.527. The van der Waals surface area contributed by atoms with Crippen molar-refractivity contribution < 1.29 is 9.53 Å². The number of rotatable bonds is 4. The molecular formula is C25H24N2O2S. The summed E-state index contributed by atoms with van der Waals surface area (Å²) >= 11 is 1.72. The summed E-state index contributed by atoms with van der Waals surface area (Å²) < 4.78 is 8.33. The Morgan fingerprint density at radius 2 is 1.87 bits per heavy atom. The van der Waals surface area contributed by atoms with Crippen molar-refractivity contribution in [2.24, 2.45) is 0 Å². The molecule has 1 aliphatic heterocycles. The molecule has 2 aliphatic rings. The molecule has 30 heavy (non-hydrogen) atoms. The summed E-state index contributed by atoms with van der Waals surface area (Å²) in [7, 11) is 0. The molecule has 2 aromatic carbocycles. The molecule has 1 atom stereocenters. The number of ketones is 1. The van der Waals surface area contributed by atoms with Gasteiger partial charge in [0.05, 0.1) is 12.2 Å². The molecule has 0 bridgehead atoms. The van der Waals surface area contributed by atoms with Gasteiger partial charge in [0.2, 0.25) is 5.88 Å². The summed E-state index contributed by atoms with van der Waals surface area (Å²) in [6, 6.07) is 18.8. The SMILES string of the molecule is CSc1ccc([C@@H]2C3=C(CCCC3=O)Oc3c2c(C)nn3Cc2ccccc2)cc1. The van der Waals surface area contributed by atoms with Gasteiger partial charge in [-0.2, -0.15) is 5.10 Å². The number of aromatic nitrogens is 2. The Hall–Kier alpha value is -2.79. The number of nitrogens with zero attached hydrogens (tertiary/aromatic N) is 2. The molecule has 5 heteroatoms. The molecule has 0 fully saturated rings. The molecule has 3 aromatic rings. The second kappa shape index (κ2) is 7.80. The van der Waals surface area contributed by atoms with Crippen LogP contribution in [0.4, 0.5) is 0 Å². The molecule has 4 nitrogen and oxygen atoms in total. The zero-order valence-electron chi connectivity index (χ0n) is 17.2. The van der Waals surface area contributed by atoms with E-state index < -0.39 is 0 Å². The van der Waals surface area contributed by atoms with E-state index in [9.17, 15) is 4.79 Å². The Morgan fingerprint density at radius 3 is 2.60 bits per heavy atom. The Bertz CT molecular complexity index is 1130. The molecule has 0 saturated heterocycles. The van der Waals surface area contributed by atoms with Crippen LogP contribution < -0.4 is 4.74 Å². The third kappa shape index (κ3) is 3.27. The van der Waals surface area contributed by atoms with Gasteiger partial charge in [-0.3, -0.25) is 4.79 Å². The minimum absolute atomic E-state index is 0.114. The van der Waals surface area contributed by atoms with Crippen LogP contribution in [0.15, 0.2) is 70.8 Å². The zero-order valence-corrected chi connectivity index (χ0v) is 18.0. The summed E-state index contributed by atoms with van der Waals surface area (Å²) in [5.41, 5.74) is 5.07. The summed E-state index contributed by atoms with van der Waals surface area (Å²) in [4.78, 5) is 14.2. The predicted octanol–water partition coefficient (Wildman–Crippen LogP) is 5.49. The fraction of sp³-hybridized carbons (Fsp3) is 0.280. The first kappa shape index (κ1) is 19.2. The lowest BCUT2D eigenvalue weighted by atomic mass is 9.77. The third-order valence-corrected chi connectivity index (χ3v) is 6.70. The van der Waals surface area contributed by atoms with E-state index in [1.54, 1.807) is 11.8 Å². The van der Waals surface area contributed by atoms with Gasteiger partial charge >= 0.3 is 0 Å². The Labute approximate surface area is 180 Å². The number of hydrogen-bond acceptors (Lipinski definition) is 4. The second-order valence-electron chi connectivity index (χ2n) is 7.87. The summed E-state index contributed by atoms with van der Waals surface area (Å²) in [5.74, 6) is 1.70. The molecule has 0 saturated carbocycles. The largest absolute Gasteiger partial charge is 0.443 e. The highest BCUT2D eigenvalue weighted by Crippen LogP contribution is 2.48. The van der Waals surface area contributed by atoms with Crippen molar-refractivity contribution in [3.05, 3.63) is 88.3 Å². The van der Waals surface area contributed by atoms with E-state index in [0.717, 1.165) is 46.9 Å². The first-order valence-corrected chi connectivity index (χ1v) is 11.6. The minimum Gasteiger partial charge on any atom is -0.443 e. The van der Waals surface area contributed by atoms with Crippen molar-refractivity contribution in [1.29, 1.82) is 0 Å². The summed E-state index contributed by atoms with van der Waals surface area (Å²) in [5, 5.41) is 4.83. The van der Waals surface area contributed by atoms with E-state index in [1.807, 2.05) is 29.8 Å². The molecule has 0 N–H and O–H groups in total. The number of thioether (sulfide) groups is 1. The molecule has 0 unspecified atom stereocenters. The van der Waals surface area contributed by atoms with Crippen molar-refractivity contribution in [2.75, 3.05) is 6.26 Å². The number of Topliss-reactive ketones (excluding diaryl/α,β-unsaturated/α-hetero) is 1. The highest BCUT2D eigenvalue weighted by atomic mass is 32.2. The number of benzene rings is 2. The van der Waals surface area contributed by atoms with E-state index in [2.05, 4.69) is 42.7 Å². The molecule has 2 heterocycles. The average molecular weight is 417 g/mol. The van der Waals surface area contributed by atoms with Crippen LogP contribution in [0.2, 0.25) is 0 Å². The maximum atomic E-state index is 13.0. The fourth-order valence-electron chi connectivity index (χ4n) is 4.53. The Kier molecular flexibility index (Phi) is 4.99. The zero-order chi connectivity index (χ0) is 20.7. The molecule has 0 spiro atoms. The standard InChI is InChI=1S/C25H24N2O2S/c1-16-22-23(18-11-13-19(30-2)14-12-18)24-20(28)9-6-10-21(24)29-25(22)27(26-16)15-17-7-4-3-5-8-17/h3-5,7-8,11-14,23H,6,9-10,15H2,1-2H3/t23-/m0/s1. The predicted molar refractivity (Wildman–Crippen MR) is 119 cm³/mol. The van der Waals surface area contributed by atoms with Crippen molar-refractivity contribution in [3.8, 4) is 5.88 Å². The van der Waals surface area contributed by atoms with Crippen LogP contribution in [0.3, 0.4) is 0 Å². The molecule has 5 rings (SSSR count). The highest BCUT2D eigenvalue weighted by molar-refractivity contribution is 7.98. The van der Waals surface area contributed by atoms with Gasteiger partial charge in [-0.05, 0) is 42.9 Å². The van der Waals surface area contributed by atoms with E-state index in [0.29, 0.717) is 13.0 Å². The van der Waals surface area contributed by atoms with Crippen LogP contribution in [0.1, 0.15) is 47.6 Å². The molecule has 1 aromatic heterocycles. The first-order valence-electron chi connectivity index (χ1n) is 10.3. The van der Waals surface area contributed by atoms with Crippen LogP contribution in [-0.2, 0) is 11.3 Å². The molecular weight excluding hydrogens is 392 g/mol. The lowest BCUT2D eigenvalue weighted by molar-refractivity contribution is -0.116. The summed E-state index contributed by atoms with van der Waals surface area (Å²) in [6.45, 7) is 2.66. The van der Waals surface area contributed by atoms with Gasteiger partial charge in [0.25, 0.3) is 0 Å². The topological polar surface area (TPSA) is 44.1 Å². The number of allylic oxidation sites excluding steroid dienone is 2. The minimum atomic E-state index is -0.114. The molecule has 0 amide bonds. The molecule has 1 aliphatic carbocycles. The summed E-state index contributed by atoms with van der Waals surface area (Å²) in [6.07, 6.45) is 4.31. The van der Waals surface area contributed by atoms with E-state index in [-0.39, 0.29) is 11.7 Å². The van der Waals surface area contributed by atoms with Gasteiger partial charge in [0.1, 0.15) is 5.76 Å². The molecule has 152 valence electrons. The van der Waals surface area contributed by atoms with E-state index in [1.165, 1.54) is 10.5 Å². The van der Waals surface area contributed by atoms with Gasteiger partial charge in [-0.25, -0.2) is 4.68 Å². The Morgan fingerprint density at radius 1 is 1.10 bits per heavy atom. The van der Waals surface area contributed by atoms with Gasteiger partial charge in [0.15, 0.2) is 5.78 Å². The van der Waals surface area contributed by atoms with Gasteiger partial charge in [-0.1, -0.05) is 42.5 Å². The average Bonchev–Trinajstić information content (AvgIpc) is 3.08. The smallest absolute Gasteiger partial charge is 0.222 e. The van der Waals surface area contributed by atoms with Crippen molar-refractivity contribution >= 4 is 17.5 Å². The lowest BCUT2D eigenvalue weighted by Crippen LogP contribution is -2.26. The first-order chi connectivity index (χ1) is 14.7. The number of aryl methyl sites for hydroxylation is 1. The number of ether oxygens (including phenoxy) is 1. The highest BCUT2D eigenvalue weighted by Gasteiger charge is 2.40. The van der Waals surface area contributed by atoms with Gasteiger partial charge < -0.3 is 4.74 Å². The molecule has 0 radical (unpaired) electrons. The van der Waals surface area contributed by atoms with Crippen molar-refractivity contribution in [3.63, 3.8) is 0 Å². The number of hydrogen-bond donors (Lipinski definition) is 0. The van der Waals surface area contributed by atoms with Crippen LogP contribution in [-0.4, -0.2) is 21.8 Å². The maximum Gasteiger partial charge on any atom is 0.222 e. The van der Waals surface area contributed by atoms with Crippen LogP contribution in [0.25, 0.3) is 0 Å². The van der Waals surface area contributed by atoms with Crippen LogP contribution in [0.5, 0.6) is 5.88 Å². The van der Waals surface area contributed by atoms with Crippen molar-refractivity contribution in [1.82, 2.24) is 9.78 Å². The van der Waals surface area contributed by atoms with Gasteiger partial charge in [-0.15, -0.1) is 11.8 Å². The Balaban J connectivity index is 1.65. The fourth-order valence-corrected chi connectivity index (χ4v) is 4.94. The van der Waals surface area contributed by atoms with Crippen LogP contribution in [0, 0.1) is 6.92 Å². The van der Waals surface area contributed by atoms with Gasteiger partial charge in [0, 0.05) is 34.8 Å². The second-order valence-corrected chi connectivity index (χ2v) is 8.75. The van der Waals surface area contributed by atoms with Crippen LogP contribution >= 0.6 is 11.8 Å². The monoisotopic (exact) mass is 416 g/mol. The van der Waals surface area contributed by atoms with Crippen molar-refractivity contribution in [2.45, 2.75) is 43.5 Å². The van der Waals surface area contributed by atoms with E-state index in [4.69, 9.17) is 9.84 Å². The maximum absolute atomic E-state index is 13.0. The lowest BCUT2D eigenvalue weighted by Gasteiger charge is -2.31. The normalized spacial score (nSPS) is 18.1. The van der Waals surface area contributed by atoms with E-state index >= 15 is 0 Å². The number of fused-ring (bicyclic) bond motifs is 1.